The second kappa shape index (κ2) is 3.66. The second-order valence-corrected chi connectivity index (χ2v) is 5.85. The van der Waals surface area contributed by atoms with Crippen molar-refractivity contribution in [2.75, 3.05) is 0 Å². The van der Waals surface area contributed by atoms with E-state index < -0.39 is 11.2 Å². The van der Waals surface area contributed by atoms with Crippen molar-refractivity contribution in [1.29, 1.82) is 0 Å². The standard InChI is InChI=1S/C14H22O3/c1-7-10-8(2)11(15)14(6)9(3)16-13(4,5)17-12(10)14/h9-10,12H,2,7H2,1,3-6H3. The highest BCUT2D eigenvalue weighted by atomic mass is 16.7. The Morgan fingerprint density at radius 1 is 1.29 bits per heavy atom. The van der Waals surface area contributed by atoms with Crippen LogP contribution < -0.4 is 0 Å². The van der Waals surface area contributed by atoms with Crippen molar-refractivity contribution in [3.8, 4) is 0 Å². The Morgan fingerprint density at radius 2 is 1.88 bits per heavy atom. The summed E-state index contributed by atoms with van der Waals surface area (Å²) < 4.78 is 11.8. The van der Waals surface area contributed by atoms with Gasteiger partial charge in [-0.05, 0) is 39.7 Å². The van der Waals surface area contributed by atoms with E-state index in [-0.39, 0.29) is 23.9 Å². The normalized spacial score (nSPS) is 44.9. The van der Waals surface area contributed by atoms with Crippen molar-refractivity contribution in [1.82, 2.24) is 0 Å². The van der Waals surface area contributed by atoms with Crippen molar-refractivity contribution in [3.05, 3.63) is 12.2 Å². The second-order valence-electron chi connectivity index (χ2n) is 5.85. The minimum atomic E-state index is -0.623. The molecule has 0 aromatic carbocycles. The van der Waals surface area contributed by atoms with Gasteiger partial charge < -0.3 is 9.47 Å². The average molecular weight is 238 g/mol. The zero-order valence-corrected chi connectivity index (χ0v) is 11.4. The third-order valence-electron chi connectivity index (χ3n) is 4.34. The molecule has 4 atom stereocenters. The van der Waals surface area contributed by atoms with E-state index in [0.29, 0.717) is 5.57 Å². The molecular weight excluding hydrogens is 216 g/mol. The predicted molar refractivity (Wildman–Crippen MR) is 65.5 cm³/mol. The maximum absolute atomic E-state index is 12.4. The maximum Gasteiger partial charge on any atom is 0.169 e. The SMILES string of the molecule is C=C1C(=O)C2(C)C(C)OC(C)(C)OC2C1CC. The Kier molecular flexibility index (Phi) is 2.75. The van der Waals surface area contributed by atoms with Crippen molar-refractivity contribution in [2.24, 2.45) is 11.3 Å². The highest BCUT2D eigenvalue weighted by Gasteiger charge is 2.62. The van der Waals surface area contributed by atoms with E-state index in [1.165, 1.54) is 0 Å². The number of rotatable bonds is 1. The topological polar surface area (TPSA) is 35.5 Å². The van der Waals surface area contributed by atoms with Crippen LogP contribution >= 0.6 is 0 Å². The Labute approximate surface area is 103 Å². The van der Waals surface area contributed by atoms with Gasteiger partial charge >= 0.3 is 0 Å². The van der Waals surface area contributed by atoms with Gasteiger partial charge in [0.2, 0.25) is 0 Å². The molecule has 0 aromatic heterocycles. The summed E-state index contributed by atoms with van der Waals surface area (Å²) in [6, 6.07) is 0. The molecule has 2 fully saturated rings. The van der Waals surface area contributed by atoms with Gasteiger partial charge in [-0.3, -0.25) is 4.79 Å². The maximum atomic E-state index is 12.4. The molecule has 1 aliphatic heterocycles. The fourth-order valence-corrected chi connectivity index (χ4v) is 3.21. The molecule has 17 heavy (non-hydrogen) atoms. The first-order valence-electron chi connectivity index (χ1n) is 6.33. The molecule has 4 unspecified atom stereocenters. The number of fused-ring (bicyclic) bond motifs is 1. The number of carbonyl (C=O) groups is 1. The molecule has 3 nitrogen and oxygen atoms in total. The predicted octanol–water partition coefficient (Wildman–Crippen LogP) is 2.70. The number of ketones is 1. The Bertz CT molecular complexity index is 372. The molecule has 2 rings (SSSR count). The van der Waals surface area contributed by atoms with Crippen LogP contribution in [0.5, 0.6) is 0 Å². The fourth-order valence-electron chi connectivity index (χ4n) is 3.21. The summed E-state index contributed by atoms with van der Waals surface area (Å²) in [5.74, 6) is -0.391. The molecule has 96 valence electrons. The molecule has 0 amide bonds. The van der Waals surface area contributed by atoms with Crippen LogP contribution in [0.15, 0.2) is 12.2 Å². The molecular formula is C14H22O3. The summed E-state index contributed by atoms with van der Waals surface area (Å²) in [6.45, 7) is 13.7. The summed E-state index contributed by atoms with van der Waals surface area (Å²) >= 11 is 0. The molecule has 0 bridgehead atoms. The molecule has 3 heteroatoms. The van der Waals surface area contributed by atoms with E-state index in [9.17, 15) is 4.79 Å². The van der Waals surface area contributed by atoms with Crippen LogP contribution in [0.2, 0.25) is 0 Å². The molecule has 1 saturated heterocycles. The Balaban J connectivity index is 2.45. The van der Waals surface area contributed by atoms with Gasteiger partial charge in [-0.2, -0.15) is 0 Å². The van der Waals surface area contributed by atoms with Crippen molar-refractivity contribution < 1.29 is 14.3 Å². The summed E-state index contributed by atoms with van der Waals surface area (Å²) in [7, 11) is 0. The molecule has 0 radical (unpaired) electrons. The Morgan fingerprint density at radius 3 is 2.41 bits per heavy atom. The Hall–Kier alpha value is -0.670. The van der Waals surface area contributed by atoms with Gasteiger partial charge in [0.15, 0.2) is 11.6 Å². The molecule has 1 aliphatic carbocycles. The van der Waals surface area contributed by atoms with Crippen LogP contribution in [0.3, 0.4) is 0 Å². The van der Waals surface area contributed by atoms with Crippen molar-refractivity contribution in [3.63, 3.8) is 0 Å². The third kappa shape index (κ3) is 1.59. The number of hydrogen-bond acceptors (Lipinski definition) is 3. The summed E-state index contributed by atoms with van der Waals surface area (Å²) in [5.41, 5.74) is 0.126. The minimum absolute atomic E-state index is 0.105. The van der Waals surface area contributed by atoms with Gasteiger partial charge in [0.1, 0.15) is 0 Å². The van der Waals surface area contributed by atoms with Crippen LogP contribution in [-0.2, 0) is 14.3 Å². The zero-order chi connectivity index (χ0) is 13.0. The largest absolute Gasteiger partial charge is 0.346 e. The zero-order valence-electron chi connectivity index (χ0n) is 11.4. The van der Waals surface area contributed by atoms with Gasteiger partial charge in [-0.15, -0.1) is 0 Å². The van der Waals surface area contributed by atoms with E-state index in [1.54, 1.807) is 0 Å². The highest BCUT2D eigenvalue weighted by molar-refractivity contribution is 6.03. The first kappa shape index (κ1) is 12.8. The lowest BCUT2D eigenvalue weighted by Crippen LogP contribution is -2.57. The smallest absolute Gasteiger partial charge is 0.169 e. The van der Waals surface area contributed by atoms with E-state index in [4.69, 9.17) is 9.47 Å². The lowest BCUT2D eigenvalue weighted by molar-refractivity contribution is -0.333. The molecule has 1 saturated carbocycles. The first-order chi connectivity index (χ1) is 7.74. The summed E-state index contributed by atoms with van der Waals surface area (Å²) in [6.07, 6.45) is 0.636. The quantitative estimate of drug-likeness (QED) is 0.659. The third-order valence-corrected chi connectivity index (χ3v) is 4.34. The average Bonchev–Trinajstić information content (AvgIpc) is 2.40. The minimum Gasteiger partial charge on any atom is -0.346 e. The number of hydrogen-bond donors (Lipinski definition) is 0. The van der Waals surface area contributed by atoms with Gasteiger partial charge in [-0.25, -0.2) is 0 Å². The summed E-state index contributed by atoms with van der Waals surface area (Å²) in [5, 5.41) is 0. The number of carbonyl (C=O) groups excluding carboxylic acids is 1. The van der Waals surface area contributed by atoms with Crippen LogP contribution in [0.25, 0.3) is 0 Å². The molecule has 0 spiro atoms. The van der Waals surface area contributed by atoms with Crippen LogP contribution in [0.4, 0.5) is 0 Å². The summed E-state index contributed by atoms with van der Waals surface area (Å²) in [4.78, 5) is 12.4. The van der Waals surface area contributed by atoms with E-state index >= 15 is 0 Å². The molecule has 2 aliphatic rings. The van der Waals surface area contributed by atoms with Gasteiger partial charge in [0, 0.05) is 5.92 Å². The van der Waals surface area contributed by atoms with Crippen LogP contribution in [-0.4, -0.2) is 23.8 Å². The van der Waals surface area contributed by atoms with Gasteiger partial charge in [-0.1, -0.05) is 13.5 Å². The van der Waals surface area contributed by atoms with Crippen LogP contribution in [0.1, 0.15) is 41.0 Å². The number of ether oxygens (including phenoxy) is 2. The van der Waals surface area contributed by atoms with Gasteiger partial charge in [0.05, 0.1) is 17.6 Å². The lowest BCUT2D eigenvalue weighted by Gasteiger charge is -2.48. The highest BCUT2D eigenvalue weighted by Crippen LogP contribution is 2.52. The van der Waals surface area contributed by atoms with Crippen LogP contribution in [0, 0.1) is 11.3 Å². The molecule has 1 heterocycles. The lowest BCUT2D eigenvalue weighted by atomic mass is 9.77. The fraction of sp³-hybridized carbons (Fsp3) is 0.786. The molecule has 0 aromatic rings. The van der Waals surface area contributed by atoms with Gasteiger partial charge in [0.25, 0.3) is 0 Å². The van der Waals surface area contributed by atoms with E-state index in [0.717, 1.165) is 6.42 Å². The van der Waals surface area contributed by atoms with E-state index in [2.05, 4.69) is 13.5 Å². The van der Waals surface area contributed by atoms with Crippen molar-refractivity contribution >= 4 is 5.78 Å². The molecule has 0 N–H and O–H groups in total. The monoisotopic (exact) mass is 238 g/mol. The van der Waals surface area contributed by atoms with Crippen molar-refractivity contribution in [2.45, 2.75) is 59.0 Å². The first-order valence-corrected chi connectivity index (χ1v) is 6.33. The number of Topliss-reactive ketones (excluding diaryl/α,β-unsaturated/α-hetero) is 1. The van der Waals surface area contributed by atoms with E-state index in [1.807, 2.05) is 27.7 Å².